The van der Waals surface area contributed by atoms with Crippen molar-refractivity contribution < 1.29 is 28.2 Å². The van der Waals surface area contributed by atoms with Gasteiger partial charge in [-0.3, -0.25) is 14.5 Å². The van der Waals surface area contributed by atoms with Crippen LogP contribution in [-0.4, -0.2) is 78.1 Å². The van der Waals surface area contributed by atoms with Crippen LogP contribution in [0.5, 0.6) is 0 Å². The van der Waals surface area contributed by atoms with Gasteiger partial charge in [-0.2, -0.15) is 0 Å². The van der Waals surface area contributed by atoms with Crippen LogP contribution in [0.25, 0.3) is 0 Å². The fourth-order valence-corrected chi connectivity index (χ4v) is 5.32. The quantitative estimate of drug-likeness (QED) is 0.481. The molecule has 4 rings (SSSR count). The van der Waals surface area contributed by atoms with Crippen LogP contribution in [0.15, 0.2) is 54.6 Å². The zero-order valence-corrected chi connectivity index (χ0v) is 24.4. The molecular weight excluding hydrogens is 527 g/mol. The van der Waals surface area contributed by atoms with E-state index < -0.39 is 29.5 Å². The average molecular weight is 569 g/mol. The second-order valence-electron chi connectivity index (χ2n) is 11.9. The molecule has 9 nitrogen and oxygen atoms in total. The van der Waals surface area contributed by atoms with E-state index in [1.54, 1.807) is 19.1 Å². The number of carbonyl (C=O) groups excluding carboxylic acids is 3. The molecule has 2 aliphatic rings. The lowest BCUT2D eigenvalue weighted by Crippen LogP contribution is -2.60. The number of hydrogen-bond donors (Lipinski definition) is 2. The Morgan fingerprint density at radius 2 is 1.73 bits per heavy atom. The average Bonchev–Trinajstić information content (AvgIpc) is 3.55. The zero-order chi connectivity index (χ0) is 29.7. The van der Waals surface area contributed by atoms with Crippen LogP contribution in [0.1, 0.15) is 45.2 Å². The standard InChI is InChI=1S/C31H41FN4O5/c1-20(35(5)30(39)41-19-21-9-7-6-8-10-21)28(37)34-27(31(2,3)4)29(38)36-16-15-24-26(36)25(17-33-24)40-18-22-11-13-23(32)14-12-22/h6-14,20,24-27,33H,15-19H2,1-5H3,(H,34,37). The van der Waals surface area contributed by atoms with Crippen molar-refractivity contribution >= 4 is 17.9 Å². The monoisotopic (exact) mass is 568 g/mol. The third kappa shape index (κ3) is 7.42. The van der Waals surface area contributed by atoms with Crippen molar-refractivity contribution in [1.29, 1.82) is 0 Å². The number of nitrogens with one attached hydrogen (secondary N) is 2. The van der Waals surface area contributed by atoms with Crippen molar-refractivity contribution in [3.8, 4) is 0 Å². The van der Waals surface area contributed by atoms with Gasteiger partial charge in [-0.25, -0.2) is 9.18 Å². The number of ether oxygens (including phenoxy) is 2. The lowest BCUT2D eigenvalue weighted by atomic mass is 9.85. The molecule has 2 aliphatic heterocycles. The summed E-state index contributed by atoms with van der Waals surface area (Å²) in [4.78, 5) is 43.0. The van der Waals surface area contributed by atoms with E-state index in [1.807, 2.05) is 56.0 Å². The largest absolute Gasteiger partial charge is 0.445 e. The van der Waals surface area contributed by atoms with Gasteiger partial charge < -0.3 is 25.0 Å². The molecule has 5 unspecified atom stereocenters. The third-order valence-electron chi connectivity index (χ3n) is 7.93. The Morgan fingerprint density at radius 1 is 1.07 bits per heavy atom. The zero-order valence-electron chi connectivity index (χ0n) is 24.4. The van der Waals surface area contributed by atoms with Gasteiger partial charge in [0.2, 0.25) is 11.8 Å². The van der Waals surface area contributed by atoms with Gasteiger partial charge >= 0.3 is 6.09 Å². The van der Waals surface area contributed by atoms with Gasteiger partial charge in [0, 0.05) is 26.2 Å². The first-order valence-corrected chi connectivity index (χ1v) is 14.1. The van der Waals surface area contributed by atoms with E-state index in [9.17, 15) is 18.8 Å². The molecule has 2 aromatic carbocycles. The van der Waals surface area contributed by atoms with Gasteiger partial charge in [0.05, 0.1) is 18.8 Å². The summed E-state index contributed by atoms with van der Waals surface area (Å²) in [6.07, 6.45) is -0.0859. The summed E-state index contributed by atoms with van der Waals surface area (Å²) in [6.45, 7) is 8.86. The molecule has 41 heavy (non-hydrogen) atoms. The number of likely N-dealkylation sites (N-methyl/N-ethyl adjacent to an activating group) is 1. The molecule has 2 N–H and O–H groups in total. The maximum Gasteiger partial charge on any atom is 0.410 e. The molecule has 2 heterocycles. The van der Waals surface area contributed by atoms with Crippen molar-refractivity contribution in [3.63, 3.8) is 0 Å². The molecule has 2 fully saturated rings. The van der Waals surface area contributed by atoms with Crippen LogP contribution in [0, 0.1) is 11.2 Å². The summed E-state index contributed by atoms with van der Waals surface area (Å²) in [7, 11) is 1.50. The Labute approximate surface area is 241 Å². The summed E-state index contributed by atoms with van der Waals surface area (Å²) in [5.74, 6) is -0.926. The predicted octanol–water partition coefficient (Wildman–Crippen LogP) is 3.47. The molecule has 0 bridgehead atoms. The van der Waals surface area contributed by atoms with Crippen molar-refractivity contribution in [2.75, 3.05) is 20.1 Å². The van der Waals surface area contributed by atoms with E-state index in [0.29, 0.717) is 19.7 Å². The van der Waals surface area contributed by atoms with Crippen LogP contribution in [0.2, 0.25) is 0 Å². The van der Waals surface area contributed by atoms with E-state index in [1.165, 1.54) is 24.1 Å². The van der Waals surface area contributed by atoms with E-state index in [0.717, 1.165) is 17.5 Å². The number of hydrogen-bond acceptors (Lipinski definition) is 6. The molecule has 0 aromatic heterocycles. The summed E-state index contributed by atoms with van der Waals surface area (Å²) in [5, 5.41) is 6.39. The van der Waals surface area contributed by atoms with Gasteiger partial charge in [0.1, 0.15) is 24.5 Å². The Balaban J connectivity index is 1.39. The molecule has 0 saturated carbocycles. The molecule has 0 aliphatic carbocycles. The molecule has 3 amide bonds. The van der Waals surface area contributed by atoms with Crippen molar-refractivity contribution in [2.45, 2.75) is 77.6 Å². The van der Waals surface area contributed by atoms with Crippen molar-refractivity contribution in [1.82, 2.24) is 20.4 Å². The number of carbonyl (C=O) groups is 3. The Bertz CT molecular complexity index is 1200. The number of halogens is 1. The predicted molar refractivity (Wildman–Crippen MR) is 152 cm³/mol. The topological polar surface area (TPSA) is 100 Å². The molecule has 222 valence electrons. The Kier molecular flexibility index (Phi) is 9.65. The summed E-state index contributed by atoms with van der Waals surface area (Å²) in [6, 6.07) is 13.7. The molecule has 0 spiro atoms. The maximum atomic E-state index is 14.0. The van der Waals surface area contributed by atoms with Gasteiger partial charge in [0.25, 0.3) is 0 Å². The fourth-order valence-electron chi connectivity index (χ4n) is 5.32. The SMILES string of the molecule is CC(C(=O)NC(C(=O)N1CCC2NCC(OCc3ccc(F)cc3)C21)C(C)(C)C)N(C)C(=O)OCc1ccccc1. The molecule has 2 aromatic rings. The van der Waals surface area contributed by atoms with E-state index in [-0.39, 0.29) is 36.5 Å². The van der Waals surface area contributed by atoms with Crippen molar-refractivity contribution in [3.05, 3.63) is 71.5 Å². The first-order valence-electron chi connectivity index (χ1n) is 14.1. The summed E-state index contributed by atoms with van der Waals surface area (Å²) in [5.41, 5.74) is 1.11. The van der Waals surface area contributed by atoms with E-state index in [2.05, 4.69) is 10.6 Å². The Hall–Kier alpha value is -3.50. The first kappa shape index (κ1) is 30.5. The highest BCUT2D eigenvalue weighted by molar-refractivity contribution is 5.92. The molecule has 5 atom stereocenters. The van der Waals surface area contributed by atoms with Crippen LogP contribution < -0.4 is 10.6 Å². The highest BCUT2D eigenvalue weighted by atomic mass is 19.1. The number of fused-ring (bicyclic) bond motifs is 1. The molecule has 2 saturated heterocycles. The maximum absolute atomic E-state index is 14.0. The number of likely N-dealkylation sites (tertiary alicyclic amines) is 1. The second kappa shape index (κ2) is 13.0. The summed E-state index contributed by atoms with van der Waals surface area (Å²) >= 11 is 0. The van der Waals surface area contributed by atoms with Gasteiger partial charge in [-0.1, -0.05) is 63.2 Å². The lowest BCUT2D eigenvalue weighted by molar-refractivity contribution is -0.143. The third-order valence-corrected chi connectivity index (χ3v) is 7.93. The number of rotatable bonds is 9. The summed E-state index contributed by atoms with van der Waals surface area (Å²) < 4.78 is 24.9. The van der Waals surface area contributed by atoms with E-state index >= 15 is 0 Å². The molecule has 0 radical (unpaired) electrons. The first-order chi connectivity index (χ1) is 19.5. The molecular formula is C31H41FN4O5. The molecule has 10 heteroatoms. The normalized spacial score (nSPS) is 21.6. The highest BCUT2D eigenvalue weighted by Gasteiger charge is 2.49. The highest BCUT2D eigenvalue weighted by Crippen LogP contribution is 2.31. The van der Waals surface area contributed by atoms with E-state index in [4.69, 9.17) is 9.47 Å². The Morgan fingerprint density at radius 3 is 2.39 bits per heavy atom. The van der Waals surface area contributed by atoms with Gasteiger partial charge in [0.15, 0.2) is 0 Å². The minimum atomic E-state index is -0.859. The number of amides is 3. The van der Waals surface area contributed by atoms with Crippen molar-refractivity contribution in [2.24, 2.45) is 5.41 Å². The van der Waals surface area contributed by atoms with Gasteiger partial charge in [-0.05, 0) is 42.0 Å². The van der Waals surface area contributed by atoms with Crippen LogP contribution in [0.4, 0.5) is 9.18 Å². The smallest absolute Gasteiger partial charge is 0.410 e. The van der Waals surface area contributed by atoms with Crippen LogP contribution >= 0.6 is 0 Å². The minimum Gasteiger partial charge on any atom is -0.445 e. The van der Waals surface area contributed by atoms with Crippen LogP contribution in [-0.2, 0) is 32.3 Å². The fraction of sp³-hybridized carbons (Fsp3) is 0.516. The minimum absolute atomic E-state index is 0.0946. The number of benzene rings is 2. The van der Waals surface area contributed by atoms with Gasteiger partial charge in [-0.15, -0.1) is 0 Å². The second-order valence-corrected chi connectivity index (χ2v) is 11.9. The number of nitrogens with zero attached hydrogens (tertiary/aromatic N) is 2. The van der Waals surface area contributed by atoms with Crippen LogP contribution in [0.3, 0.4) is 0 Å². The lowest BCUT2D eigenvalue weighted by Gasteiger charge is -2.37.